The van der Waals surface area contributed by atoms with Crippen LogP contribution in [0.4, 0.5) is 5.82 Å². The highest BCUT2D eigenvalue weighted by atomic mass is 16.5. The number of rotatable bonds is 8. The minimum atomic E-state index is -0.476. The second-order valence-corrected chi connectivity index (χ2v) is 8.65. The Kier molecular flexibility index (Phi) is 6.57. The van der Waals surface area contributed by atoms with E-state index in [1.165, 1.54) is 19.4 Å². The molecule has 184 valence electrons. The van der Waals surface area contributed by atoms with Crippen LogP contribution in [0.25, 0.3) is 11.2 Å². The predicted molar refractivity (Wildman–Crippen MR) is 126 cm³/mol. The van der Waals surface area contributed by atoms with E-state index in [9.17, 15) is 14.7 Å². The van der Waals surface area contributed by atoms with Crippen LogP contribution in [0.1, 0.15) is 5.69 Å². The third-order valence-corrected chi connectivity index (χ3v) is 6.24. The average Bonchev–Trinajstić information content (AvgIpc) is 3.21. The number of hydrogen-bond donors (Lipinski definition) is 3. The fourth-order valence-electron chi connectivity index (χ4n) is 4.40. The van der Waals surface area contributed by atoms with Gasteiger partial charge < -0.3 is 25.2 Å². The van der Waals surface area contributed by atoms with Gasteiger partial charge in [0.1, 0.15) is 5.52 Å². The van der Waals surface area contributed by atoms with Gasteiger partial charge in [0.2, 0.25) is 5.88 Å². The number of carbonyl (C=O) groups excluding carboxylic acids is 1. The van der Waals surface area contributed by atoms with Crippen molar-refractivity contribution in [2.45, 2.75) is 19.2 Å². The fraction of sp³-hybridized carbons (Fsp3) is 0.435. The Bertz CT molecular complexity index is 1300. The highest BCUT2D eigenvalue weighted by Crippen LogP contribution is 2.25. The Morgan fingerprint density at radius 1 is 1.20 bits per heavy atom. The molecule has 1 amide bonds. The minimum absolute atomic E-state index is 0.000922. The van der Waals surface area contributed by atoms with E-state index in [0.717, 1.165) is 5.69 Å². The summed E-state index contributed by atoms with van der Waals surface area (Å²) >= 11 is 0. The van der Waals surface area contributed by atoms with Crippen molar-refractivity contribution < 1.29 is 19.4 Å². The van der Waals surface area contributed by atoms with Crippen molar-refractivity contribution in [2.75, 3.05) is 45.2 Å². The summed E-state index contributed by atoms with van der Waals surface area (Å²) in [5.41, 5.74) is 1.72. The lowest BCUT2D eigenvalue weighted by Crippen LogP contribution is -2.31. The molecule has 0 radical (unpaired) electrons. The maximum atomic E-state index is 12.5. The maximum Gasteiger partial charge on any atom is 0.263 e. The van der Waals surface area contributed by atoms with Gasteiger partial charge in [0.25, 0.3) is 11.5 Å². The van der Waals surface area contributed by atoms with Crippen LogP contribution in [0.2, 0.25) is 0 Å². The molecule has 2 aliphatic heterocycles. The third-order valence-electron chi connectivity index (χ3n) is 6.24. The summed E-state index contributed by atoms with van der Waals surface area (Å²) in [5.74, 6) is 1.16. The molecule has 1 fully saturated rings. The number of anilines is 1. The second kappa shape index (κ2) is 9.94. The zero-order valence-corrected chi connectivity index (χ0v) is 19.3. The summed E-state index contributed by atoms with van der Waals surface area (Å²) in [6.07, 6.45) is 1.05. The van der Waals surface area contributed by atoms with Gasteiger partial charge in [-0.2, -0.15) is 4.98 Å². The van der Waals surface area contributed by atoms with Gasteiger partial charge in [-0.05, 0) is 18.2 Å². The van der Waals surface area contributed by atoms with Crippen LogP contribution in [0.3, 0.4) is 0 Å². The number of nitrogens with zero attached hydrogens (tertiary/aromatic N) is 5. The maximum absolute atomic E-state index is 12.5. The smallest absolute Gasteiger partial charge is 0.263 e. The van der Waals surface area contributed by atoms with Crippen LogP contribution in [0, 0.1) is 5.92 Å². The summed E-state index contributed by atoms with van der Waals surface area (Å²) in [7, 11) is 1.51. The zero-order valence-electron chi connectivity index (χ0n) is 19.3. The van der Waals surface area contributed by atoms with E-state index in [2.05, 4.69) is 30.5 Å². The van der Waals surface area contributed by atoms with Crippen LogP contribution >= 0.6 is 0 Å². The van der Waals surface area contributed by atoms with E-state index < -0.39 is 6.10 Å². The molecule has 0 spiro atoms. The van der Waals surface area contributed by atoms with Gasteiger partial charge in [0.15, 0.2) is 23.8 Å². The van der Waals surface area contributed by atoms with Crippen molar-refractivity contribution in [1.29, 1.82) is 0 Å². The normalized spacial score (nSPS) is 19.9. The molecule has 3 N–H and O–H groups in total. The van der Waals surface area contributed by atoms with E-state index in [1.54, 1.807) is 16.7 Å². The van der Waals surface area contributed by atoms with Crippen LogP contribution in [0.15, 0.2) is 35.3 Å². The molecule has 1 saturated heterocycles. The number of carbonyl (C=O) groups is 1. The molecular formula is C23H27N7O5. The number of ether oxygens (including phenoxy) is 2. The van der Waals surface area contributed by atoms with Crippen LogP contribution in [0.5, 0.6) is 11.6 Å². The van der Waals surface area contributed by atoms with Crippen LogP contribution < -0.4 is 25.7 Å². The molecule has 0 unspecified atom stereocenters. The van der Waals surface area contributed by atoms with Gasteiger partial charge in [0, 0.05) is 51.3 Å². The van der Waals surface area contributed by atoms with E-state index in [4.69, 9.17) is 9.47 Å². The number of aliphatic hydroxyl groups excluding tert-OH is 1. The van der Waals surface area contributed by atoms with Crippen molar-refractivity contribution in [3.8, 4) is 11.6 Å². The Morgan fingerprint density at radius 3 is 2.94 bits per heavy atom. The van der Waals surface area contributed by atoms with Crippen molar-refractivity contribution in [2.24, 2.45) is 5.92 Å². The van der Waals surface area contributed by atoms with E-state index in [-0.39, 0.29) is 24.0 Å². The standard InChI is InChI=1S/C23H27N7O5/c1-34-20-10-25-16-3-5-21(33)30(23(16)28-20)7-6-29-11-14(17(31)12-29)8-24-9-15-2-4-18-22(26-15)27-19(32)13-35-18/h2-5,10,14,17,24,31H,6-9,11-13H2,1H3,(H,26,27,32)/t14-,17+/m0/s1. The summed E-state index contributed by atoms with van der Waals surface area (Å²) in [6.45, 7) is 3.36. The molecule has 12 heteroatoms. The molecule has 2 atom stereocenters. The van der Waals surface area contributed by atoms with E-state index in [1.807, 2.05) is 6.07 Å². The molecule has 35 heavy (non-hydrogen) atoms. The minimum Gasteiger partial charge on any atom is -0.480 e. The second-order valence-electron chi connectivity index (χ2n) is 8.65. The highest BCUT2D eigenvalue weighted by Gasteiger charge is 2.30. The van der Waals surface area contributed by atoms with E-state index in [0.29, 0.717) is 67.9 Å². The van der Waals surface area contributed by atoms with Gasteiger partial charge in [-0.3, -0.25) is 19.1 Å². The first-order valence-corrected chi connectivity index (χ1v) is 11.4. The largest absolute Gasteiger partial charge is 0.480 e. The van der Waals surface area contributed by atoms with Crippen molar-refractivity contribution in [3.63, 3.8) is 0 Å². The molecule has 5 rings (SSSR count). The van der Waals surface area contributed by atoms with Crippen LogP contribution in [-0.4, -0.2) is 81.4 Å². The molecule has 5 heterocycles. The number of methoxy groups -OCH3 is 1. The monoisotopic (exact) mass is 481 g/mol. The van der Waals surface area contributed by atoms with Gasteiger partial charge in [-0.15, -0.1) is 0 Å². The van der Waals surface area contributed by atoms with Gasteiger partial charge in [-0.1, -0.05) is 0 Å². The van der Waals surface area contributed by atoms with Gasteiger partial charge >= 0.3 is 0 Å². The number of aromatic nitrogens is 4. The highest BCUT2D eigenvalue weighted by molar-refractivity contribution is 5.94. The van der Waals surface area contributed by atoms with Crippen molar-refractivity contribution in [3.05, 3.63) is 46.5 Å². The SMILES string of the molecule is COc1cnc2ccc(=O)n(CCN3C[C@H](CNCc4ccc5c(n4)NC(=O)CO5)[C@H](O)C3)c2n1. The summed E-state index contributed by atoms with van der Waals surface area (Å²) < 4.78 is 12.1. The molecule has 0 saturated carbocycles. The Labute approximate surface area is 200 Å². The predicted octanol–water partition coefficient (Wildman–Crippen LogP) is -0.391. The number of fused-ring (bicyclic) bond motifs is 2. The first-order valence-electron chi connectivity index (χ1n) is 11.4. The Morgan fingerprint density at radius 2 is 2.09 bits per heavy atom. The Hall–Kier alpha value is -3.61. The first-order chi connectivity index (χ1) is 17.0. The van der Waals surface area contributed by atoms with Crippen LogP contribution in [-0.2, 0) is 17.9 Å². The number of β-amino-alcohol motifs (C(OH)–C–C–N with tert-alkyl or cyclic N) is 1. The lowest BCUT2D eigenvalue weighted by Gasteiger charge is -2.18. The van der Waals surface area contributed by atoms with Crippen molar-refractivity contribution >= 4 is 22.9 Å². The zero-order chi connectivity index (χ0) is 24.4. The third kappa shape index (κ3) is 5.09. The quantitative estimate of drug-likeness (QED) is 0.389. The lowest BCUT2D eigenvalue weighted by atomic mass is 10.1. The first kappa shape index (κ1) is 23.1. The number of aliphatic hydroxyl groups is 1. The van der Waals surface area contributed by atoms with E-state index >= 15 is 0 Å². The topological polar surface area (TPSA) is 144 Å². The molecule has 0 bridgehead atoms. The van der Waals surface area contributed by atoms with Gasteiger partial charge in [-0.25, -0.2) is 9.97 Å². The average molecular weight is 482 g/mol. The molecule has 0 aliphatic carbocycles. The number of likely N-dealkylation sites (tertiary alicyclic amines) is 1. The number of pyridine rings is 2. The summed E-state index contributed by atoms with van der Waals surface area (Å²) in [6, 6.07) is 6.78. The van der Waals surface area contributed by atoms with Gasteiger partial charge in [0.05, 0.1) is 25.1 Å². The Balaban J connectivity index is 1.16. The summed E-state index contributed by atoms with van der Waals surface area (Å²) in [5, 5.41) is 16.6. The molecular weight excluding hydrogens is 454 g/mol. The molecule has 0 aromatic carbocycles. The number of hydrogen-bond acceptors (Lipinski definition) is 10. The number of nitrogens with one attached hydrogen (secondary N) is 2. The molecule has 2 aliphatic rings. The number of amides is 1. The summed E-state index contributed by atoms with van der Waals surface area (Å²) in [4.78, 5) is 39.2. The molecule has 3 aromatic heterocycles. The molecule has 3 aromatic rings. The molecule has 12 nitrogen and oxygen atoms in total. The fourth-order valence-corrected chi connectivity index (χ4v) is 4.40. The lowest BCUT2D eigenvalue weighted by molar-refractivity contribution is -0.118. The van der Waals surface area contributed by atoms with Crippen molar-refractivity contribution in [1.82, 2.24) is 29.7 Å².